The lowest BCUT2D eigenvalue weighted by atomic mass is 10.0. The predicted molar refractivity (Wildman–Crippen MR) is 145 cm³/mol. The van der Waals surface area contributed by atoms with Crippen LogP contribution in [-0.4, -0.2) is 43.6 Å². The van der Waals surface area contributed by atoms with Gasteiger partial charge in [0.05, 0.1) is 13.3 Å². The highest BCUT2D eigenvalue weighted by Crippen LogP contribution is 2.13. The minimum absolute atomic E-state index is 0.0255. The molecule has 1 fully saturated rings. The molecule has 1 N–H and O–H groups in total. The molecule has 0 unspecified atom stereocenters. The number of carbonyl (C=O) groups is 2. The number of ether oxygens (including phenoxy) is 1. The van der Waals surface area contributed by atoms with Crippen molar-refractivity contribution in [1.82, 2.24) is 10.2 Å². The highest BCUT2D eigenvalue weighted by Gasteiger charge is 2.05. The zero-order valence-corrected chi connectivity index (χ0v) is 23.1. The Morgan fingerprint density at radius 2 is 1.29 bits per heavy atom. The first-order valence-corrected chi connectivity index (χ1v) is 14.7. The van der Waals surface area contributed by atoms with E-state index in [0.29, 0.717) is 26.1 Å². The van der Waals surface area contributed by atoms with Gasteiger partial charge in [0.15, 0.2) is 0 Å². The Bertz CT molecular complexity index is 447. The lowest BCUT2D eigenvalue weighted by molar-refractivity contribution is -0.142. The molecule has 0 spiro atoms. The number of esters is 1. The van der Waals surface area contributed by atoms with Gasteiger partial charge < -0.3 is 10.1 Å². The number of nitrogens with zero attached hydrogens (tertiary/aromatic N) is 1. The van der Waals surface area contributed by atoms with Crippen LogP contribution in [0.3, 0.4) is 0 Å². The van der Waals surface area contributed by atoms with Gasteiger partial charge in [-0.3, -0.25) is 14.5 Å². The molecule has 0 aliphatic carbocycles. The normalized spacial score (nSPS) is 13.7. The van der Waals surface area contributed by atoms with Gasteiger partial charge in [0.1, 0.15) is 0 Å². The average molecular weight is 483 g/mol. The number of hydrogen-bond acceptors (Lipinski definition) is 4. The van der Waals surface area contributed by atoms with Crippen LogP contribution in [0, 0.1) is 0 Å². The molecular weight excluding hydrogens is 424 g/mol. The summed E-state index contributed by atoms with van der Waals surface area (Å²) >= 11 is 0. The van der Waals surface area contributed by atoms with Gasteiger partial charge in [-0.2, -0.15) is 0 Å². The fourth-order valence-corrected chi connectivity index (χ4v) is 4.24. The molecule has 1 amide bonds. The Hall–Kier alpha value is -1.10. The van der Waals surface area contributed by atoms with E-state index in [2.05, 4.69) is 31.1 Å². The van der Waals surface area contributed by atoms with E-state index in [4.69, 9.17) is 4.74 Å². The summed E-state index contributed by atoms with van der Waals surface area (Å²) in [6.07, 6.45) is 26.2. The Kier molecular flexibility index (Phi) is 25.6. The minimum Gasteiger partial charge on any atom is -0.466 e. The second-order valence-electron chi connectivity index (χ2n) is 10.1. The lowest BCUT2D eigenvalue weighted by Gasteiger charge is -2.16. The molecule has 0 aromatic heterocycles. The van der Waals surface area contributed by atoms with Gasteiger partial charge in [-0.05, 0) is 45.7 Å². The van der Waals surface area contributed by atoms with E-state index >= 15 is 0 Å². The molecule has 1 saturated heterocycles. The molecule has 5 nitrogen and oxygen atoms in total. The summed E-state index contributed by atoms with van der Waals surface area (Å²) in [5, 5.41) is 3.00. The van der Waals surface area contributed by atoms with E-state index in [1.165, 1.54) is 89.9 Å². The maximum Gasteiger partial charge on any atom is 0.305 e. The third kappa shape index (κ3) is 25.5. The van der Waals surface area contributed by atoms with Gasteiger partial charge in [-0.15, -0.1) is 0 Å². The van der Waals surface area contributed by atoms with Crippen LogP contribution in [0.1, 0.15) is 149 Å². The molecule has 0 aromatic carbocycles. The summed E-state index contributed by atoms with van der Waals surface area (Å²) in [5.74, 6) is 0.185. The Balaban J connectivity index is 0.00000113. The summed E-state index contributed by atoms with van der Waals surface area (Å²) in [5.41, 5.74) is 0. The topological polar surface area (TPSA) is 58.6 Å². The van der Waals surface area contributed by atoms with Gasteiger partial charge in [-0.1, -0.05) is 104 Å². The molecule has 0 atom stereocenters. The van der Waals surface area contributed by atoms with Crippen molar-refractivity contribution >= 4 is 11.9 Å². The van der Waals surface area contributed by atoms with Gasteiger partial charge in [0, 0.05) is 12.8 Å². The Labute approximate surface area is 212 Å². The van der Waals surface area contributed by atoms with Crippen molar-refractivity contribution in [3.8, 4) is 0 Å². The fraction of sp³-hybridized carbons (Fsp3) is 0.931. The van der Waals surface area contributed by atoms with Crippen LogP contribution >= 0.6 is 0 Å². The molecule has 1 heterocycles. The van der Waals surface area contributed by atoms with Crippen LogP contribution in [0.15, 0.2) is 0 Å². The van der Waals surface area contributed by atoms with E-state index in [9.17, 15) is 9.59 Å². The second kappa shape index (κ2) is 26.5. The van der Waals surface area contributed by atoms with Crippen LogP contribution < -0.4 is 5.32 Å². The molecule has 1 aliphatic heterocycles. The monoisotopic (exact) mass is 482 g/mol. The van der Waals surface area contributed by atoms with Crippen LogP contribution in [0.25, 0.3) is 0 Å². The summed E-state index contributed by atoms with van der Waals surface area (Å²) in [7, 11) is 2.05. The average Bonchev–Trinajstić information content (AvgIpc) is 3.08. The van der Waals surface area contributed by atoms with Crippen LogP contribution in [0.5, 0.6) is 0 Å². The standard InChI is InChI=1S/C23H48N2O.C6H10O2/c1-4-6-7-8-9-10-11-12-13-14-15-16-17-18-19-20-23(26)24-22-25(3)21-5-2;7-6-4-2-1-3-5-8-6/h4-22H2,1-3H3,(H,24,26);1-5H2. The van der Waals surface area contributed by atoms with Gasteiger partial charge in [-0.25, -0.2) is 0 Å². The largest absolute Gasteiger partial charge is 0.466 e. The van der Waals surface area contributed by atoms with Crippen molar-refractivity contribution in [2.45, 2.75) is 149 Å². The van der Waals surface area contributed by atoms with Crippen LogP contribution in [0.4, 0.5) is 0 Å². The van der Waals surface area contributed by atoms with Crippen molar-refractivity contribution in [2.75, 3.05) is 26.9 Å². The summed E-state index contributed by atoms with van der Waals surface area (Å²) in [6.45, 7) is 6.81. The second-order valence-corrected chi connectivity index (χ2v) is 10.1. The van der Waals surface area contributed by atoms with Gasteiger partial charge >= 0.3 is 5.97 Å². The van der Waals surface area contributed by atoms with E-state index in [1.54, 1.807) is 0 Å². The first-order chi connectivity index (χ1) is 16.6. The molecule has 202 valence electrons. The van der Waals surface area contributed by atoms with Crippen LogP contribution in [0.2, 0.25) is 0 Å². The maximum absolute atomic E-state index is 11.7. The molecule has 0 saturated carbocycles. The Morgan fingerprint density at radius 3 is 1.82 bits per heavy atom. The molecule has 1 rings (SSSR count). The third-order valence-electron chi connectivity index (χ3n) is 6.45. The zero-order chi connectivity index (χ0) is 25.1. The SMILES string of the molecule is CCCCCCCCCCCCCCCCCC(=O)NCN(C)CCC.O=C1CCCCCO1. The van der Waals surface area contributed by atoms with E-state index in [-0.39, 0.29) is 11.9 Å². The van der Waals surface area contributed by atoms with Crippen molar-refractivity contribution in [1.29, 1.82) is 0 Å². The summed E-state index contributed by atoms with van der Waals surface area (Å²) in [4.78, 5) is 24.4. The third-order valence-corrected chi connectivity index (χ3v) is 6.45. The summed E-state index contributed by atoms with van der Waals surface area (Å²) in [6, 6.07) is 0. The van der Waals surface area contributed by atoms with Crippen molar-refractivity contribution < 1.29 is 14.3 Å². The Morgan fingerprint density at radius 1 is 0.765 bits per heavy atom. The van der Waals surface area contributed by atoms with Crippen molar-refractivity contribution in [3.05, 3.63) is 0 Å². The zero-order valence-electron chi connectivity index (χ0n) is 23.1. The predicted octanol–water partition coefficient (Wildman–Crippen LogP) is 7.77. The number of amides is 1. The number of nitrogens with one attached hydrogen (secondary N) is 1. The lowest BCUT2D eigenvalue weighted by Crippen LogP contribution is -2.35. The molecule has 0 radical (unpaired) electrons. The summed E-state index contributed by atoms with van der Waals surface area (Å²) < 4.78 is 4.76. The number of carbonyl (C=O) groups excluding carboxylic acids is 2. The van der Waals surface area contributed by atoms with Crippen molar-refractivity contribution in [3.63, 3.8) is 0 Å². The maximum atomic E-state index is 11.7. The van der Waals surface area contributed by atoms with E-state index in [0.717, 1.165) is 38.6 Å². The molecular formula is C29H58N2O3. The quantitative estimate of drug-likeness (QED) is 0.109. The first kappa shape index (κ1) is 32.9. The van der Waals surface area contributed by atoms with Gasteiger partial charge in [0.25, 0.3) is 0 Å². The first-order valence-electron chi connectivity index (χ1n) is 14.7. The fourth-order valence-electron chi connectivity index (χ4n) is 4.24. The van der Waals surface area contributed by atoms with E-state index < -0.39 is 0 Å². The van der Waals surface area contributed by atoms with Crippen molar-refractivity contribution in [2.24, 2.45) is 0 Å². The molecule has 5 heteroatoms. The highest BCUT2D eigenvalue weighted by molar-refractivity contribution is 5.75. The molecule has 34 heavy (non-hydrogen) atoms. The smallest absolute Gasteiger partial charge is 0.305 e. The van der Waals surface area contributed by atoms with Crippen LogP contribution in [-0.2, 0) is 14.3 Å². The van der Waals surface area contributed by atoms with E-state index in [1.807, 2.05) is 0 Å². The number of rotatable bonds is 20. The molecule has 0 bridgehead atoms. The number of hydrogen-bond donors (Lipinski definition) is 1. The molecule has 0 aromatic rings. The highest BCUT2D eigenvalue weighted by atomic mass is 16.5. The number of unbranched alkanes of at least 4 members (excludes halogenated alkanes) is 14. The van der Waals surface area contributed by atoms with Gasteiger partial charge in [0.2, 0.25) is 5.91 Å². The molecule has 1 aliphatic rings. The minimum atomic E-state index is -0.0255. The number of cyclic esters (lactones) is 1.